The fourth-order valence-corrected chi connectivity index (χ4v) is 0.845. The molecular weight excluding hydrogens is 222 g/mol. The van der Waals surface area contributed by atoms with Crippen molar-refractivity contribution in [3.63, 3.8) is 0 Å². The largest absolute Gasteiger partial charge is 0.394 e. The van der Waals surface area contributed by atoms with Gasteiger partial charge in [0.25, 0.3) is 5.91 Å². The number of carbonyl (C=O) groups is 1. The Hall–Kier alpha value is -1.84. The Balaban J connectivity index is 4.37. The first-order valence-electron chi connectivity index (χ1n) is 5.03. The van der Waals surface area contributed by atoms with E-state index in [4.69, 9.17) is 15.5 Å². The number of rotatable bonds is 6. The molecule has 1 atom stereocenters. The van der Waals surface area contributed by atoms with Crippen LogP contribution in [0.3, 0.4) is 0 Å². The van der Waals surface area contributed by atoms with Crippen LogP contribution in [0.1, 0.15) is 0 Å². The fraction of sp³-hybridized carbons (Fsp3) is 0.455. The van der Waals surface area contributed by atoms with Crippen molar-refractivity contribution >= 4 is 5.91 Å². The molecule has 6 nitrogen and oxygen atoms in total. The summed E-state index contributed by atoms with van der Waals surface area (Å²) in [5, 5.41) is 28.7. The molecule has 0 heterocycles. The summed E-state index contributed by atoms with van der Waals surface area (Å²) in [6.45, 7) is -0.530. The first-order valence-corrected chi connectivity index (χ1v) is 5.03. The number of nitriles is 1. The zero-order chi connectivity index (χ0) is 13.3. The van der Waals surface area contributed by atoms with Gasteiger partial charge >= 0.3 is 0 Å². The van der Waals surface area contributed by atoms with Crippen LogP contribution in [0.15, 0.2) is 23.9 Å². The van der Waals surface area contributed by atoms with Gasteiger partial charge in [0, 0.05) is 20.6 Å². The third-order valence-corrected chi connectivity index (χ3v) is 1.72. The maximum atomic E-state index is 11.4. The van der Waals surface area contributed by atoms with Crippen molar-refractivity contribution < 1.29 is 15.0 Å². The molecule has 0 saturated carbocycles. The van der Waals surface area contributed by atoms with E-state index in [2.05, 4.69) is 5.32 Å². The molecule has 0 aliphatic rings. The molecule has 0 aliphatic carbocycles. The second kappa shape index (κ2) is 8.33. The highest BCUT2D eigenvalue weighted by atomic mass is 16.3. The molecule has 0 spiro atoms. The van der Waals surface area contributed by atoms with Gasteiger partial charge in [-0.3, -0.25) is 4.79 Å². The van der Waals surface area contributed by atoms with Crippen molar-refractivity contribution in [1.29, 1.82) is 5.26 Å². The Bertz CT molecular complexity index is 342. The minimum atomic E-state index is -1.02. The summed E-state index contributed by atoms with van der Waals surface area (Å²) < 4.78 is 0. The van der Waals surface area contributed by atoms with Gasteiger partial charge < -0.3 is 20.4 Å². The van der Waals surface area contributed by atoms with Crippen LogP contribution in [0.4, 0.5) is 0 Å². The van der Waals surface area contributed by atoms with Gasteiger partial charge in [0.05, 0.1) is 12.7 Å². The fourth-order valence-electron chi connectivity index (χ4n) is 0.845. The Morgan fingerprint density at radius 3 is 2.71 bits per heavy atom. The number of allylic oxidation sites excluding steroid dienone is 2. The smallest absolute Gasteiger partial charge is 0.262 e. The molecule has 6 heteroatoms. The summed E-state index contributed by atoms with van der Waals surface area (Å²) >= 11 is 0. The van der Waals surface area contributed by atoms with Gasteiger partial charge in [-0.05, 0) is 18.4 Å². The normalized spacial score (nSPS) is 13.2. The molecule has 0 rings (SSSR count). The van der Waals surface area contributed by atoms with Crippen molar-refractivity contribution in [2.45, 2.75) is 6.10 Å². The number of aliphatic hydroxyl groups is 2. The van der Waals surface area contributed by atoms with Gasteiger partial charge in [-0.15, -0.1) is 0 Å². The highest BCUT2D eigenvalue weighted by Crippen LogP contribution is 1.94. The van der Waals surface area contributed by atoms with E-state index in [1.165, 1.54) is 6.08 Å². The van der Waals surface area contributed by atoms with E-state index in [-0.39, 0.29) is 12.1 Å². The third-order valence-electron chi connectivity index (χ3n) is 1.72. The van der Waals surface area contributed by atoms with Crippen molar-refractivity contribution in [3.8, 4) is 6.07 Å². The third kappa shape index (κ3) is 7.11. The van der Waals surface area contributed by atoms with Crippen LogP contribution in [0.25, 0.3) is 0 Å². The monoisotopic (exact) mass is 239 g/mol. The van der Waals surface area contributed by atoms with Crippen LogP contribution in [0.2, 0.25) is 0 Å². The lowest BCUT2D eigenvalue weighted by molar-refractivity contribution is -0.117. The van der Waals surface area contributed by atoms with E-state index < -0.39 is 18.6 Å². The van der Waals surface area contributed by atoms with Gasteiger partial charge in [-0.2, -0.15) is 5.26 Å². The van der Waals surface area contributed by atoms with Gasteiger partial charge in [0.1, 0.15) is 11.6 Å². The second-order valence-corrected chi connectivity index (χ2v) is 3.54. The molecule has 0 bridgehead atoms. The number of amides is 1. The van der Waals surface area contributed by atoms with Crippen LogP contribution < -0.4 is 5.32 Å². The molecule has 0 fully saturated rings. The number of nitrogens with zero attached hydrogens (tertiary/aromatic N) is 2. The van der Waals surface area contributed by atoms with E-state index in [0.29, 0.717) is 0 Å². The molecule has 0 aromatic carbocycles. The predicted octanol–water partition coefficient (Wildman–Crippen LogP) is -1.02. The Morgan fingerprint density at radius 2 is 2.24 bits per heavy atom. The molecule has 0 aromatic heterocycles. The lowest BCUT2D eigenvalue weighted by Crippen LogP contribution is -2.34. The van der Waals surface area contributed by atoms with E-state index in [0.717, 1.165) is 0 Å². The SMILES string of the molecule is CN(C)C=CC=C(C#N)C(=O)NCC(O)CO. The van der Waals surface area contributed by atoms with E-state index in [1.807, 2.05) is 14.1 Å². The zero-order valence-electron chi connectivity index (χ0n) is 9.92. The van der Waals surface area contributed by atoms with Crippen molar-refractivity contribution in [1.82, 2.24) is 10.2 Å². The molecule has 94 valence electrons. The average Bonchev–Trinajstić information content (AvgIpc) is 2.30. The minimum Gasteiger partial charge on any atom is -0.394 e. The Morgan fingerprint density at radius 1 is 1.59 bits per heavy atom. The van der Waals surface area contributed by atoms with Crippen LogP contribution in [0.5, 0.6) is 0 Å². The van der Waals surface area contributed by atoms with Gasteiger partial charge in [-0.1, -0.05) is 0 Å². The molecule has 0 saturated heterocycles. The summed E-state index contributed by atoms with van der Waals surface area (Å²) in [6, 6.07) is 1.75. The summed E-state index contributed by atoms with van der Waals surface area (Å²) in [6.07, 6.45) is 3.62. The molecule has 3 N–H and O–H groups in total. The number of nitrogens with one attached hydrogen (secondary N) is 1. The minimum absolute atomic E-state index is 0.0618. The zero-order valence-corrected chi connectivity index (χ0v) is 9.92. The van der Waals surface area contributed by atoms with Gasteiger partial charge in [-0.25, -0.2) is 0 Å². The Kier molecular flexibility index (Phi) is 7.43. The number of hydrogen-bond acceptors (Lipinski definition) is 5. The molecule has 0 aliphatic heterocycles. The standard InChI is InChI=1S/C11H17N3O3/c1-14(2)5-3-4-9(6-12)11(17)13-7-10(16)8-15/h3-5,10,15-16H,7-8H2,1-2H3,(H,13,17). The van der Waals surface area contributed by atoms with Crippen molar-refractivity contribution in [2.75, 3.05) is 27.2 Å². The van der Waals surface area contributed by atoms with Gasteiger partial charge in [0.2, 0.25) is 0 Å². The summed E-state index contributed by atoms with van der Waals surface area (Å²) in [4.78, 5) is 13.2. The number of hydrogen-bond donors (Lipinski definition) is 3. The van der Waals surface area contributed by atoms with E-state index in [1.54, 1.807) is 23.2 Å². The number of carbonyl (C=O) groups excluding carboxylic acids is 1. The maximum Gasteiger partial charge on any atom is 0.262 e. The number of aliphatic hydroxyl groups excluding tert-OH is 2. The lowest BCUT2D eigenvalue weighted by Gasteiger charge is -2.07. The maximum absolute atomic E-state index is 11.4. The molecule has 17 heavy (non-hydrogen) atoms. The van der Waals surface area contributed by atoms with E-state index in [9.17, 15) is 4.79 Å². The van der Waals surface area contributed by atoms with Crippen LogP contribution in [-0.2, 0) is 4.79 Å². The first-order chi connectivity index (χ1) is 8.01. The average molecular weight is 239 g/mol. The molecule has 0 radical (unpaired) electrons. The summed E-state index contributed by atoms with van der Waals surface area (Å²) in [5.74, 6) is -0.580. The topological polar surface area (TPSA) is 96.6 Å². The highest BCUT2D eigenvalue weighted by Gasteiger charge is 2.09. The van der Waals surface area contributed by atoms with Crippen molar-refractivity contribution in [3.05, 3.63) is 23.9 Å². The van der Waals surface area contributed by atoms with Crippen molar-refractivity contribution in [2.24, 2.45) is 0 Å². The quantitative estimate of drug-likeness (QED) is 0.313. The first kappa shape index (κ1) is 15.2. The Labute approximate surface area is 100 Å². The van der Waals surface area contributed by atoms with Gasteiger partial charge in [0.15, 0.2) is 0 Å². The molecule has 1 unspecified atom stereocenters. The molecular formula is C11H17N3O3. The highest BCUT2D eigenvalue weighted by molar-refractivity contribution is 5.97. The molecule has 0 aromatic rings. The molecule has 1 amide bonds. The van der Waals surface area contributed by atoms with E-state index >= 15 is 0 Å². The van der Waals surface area contributed by atoms with Crippen LogP contribution in [0, 0.1) is 11.3 Å². The van der Waals surface area contributed by atoms with Crippen LogP contribution >= 0.6 is 0 Å². The predicted molar refractivity (Wildman–Crippen MR) is 62.6 cm³/mol. The summed E-state index contributed by atoms with van der Waals surface area (Å²) in [7, 11) is 3.63. The summed E-state index contributed by atoms with van der Waals surface area (Å²) in [5.41, 5.74) is -0.0618. The lowest BCUT2D eigenvalue weighted by atomic mass is 10.2. The van der Waals surface area contributed by atoms with Crippen LogP contribution in [-0.4, -0.2) is 54.4 Å². The second-order valence-electron chi connectivity index (χ2n) is 3.54.